The Bertz CT molecular complexity index is 588. The first kappa shape index (κ1) is 13.4. The molecule has 1 aliphatic heterocycles. The molecular weight excluding hydrogens is 274 g/mol. The van der Waals surface area contributed by atoms with E-state index in [1.807, 2.05) is 12.1 Å². The van der Waals surface area contributed by atoms with E-state index in [9.17, 15) is 9.59 Å². The second kappa shape index (κ2) is 5.41. The number of rotatable bonds is 2. The van der Waals surface area contributed by atoms with Crippen molar-refractivity contribution in [3.63, 3.8) is 0 Å². The van der Waals surface area contributed by atoms with Crippen LogP contribution in [-0.2, 0) is 9.59 Å². The third-order valence-electron chi connectivity index (χ3n) is 4.06. The van der Waals surface area contributed by atoms with Gasteiger partial charge in [0.15, 0.2) is 0 Å². The van der Waals surface area contributed by atoms with Crippen LogP contribution < -0.4 is 0 Å². The number of hydrogen-bond acceptors (Lipinski definition) is 2. The number of hydrogen-bond donors (Lipinski definition) is 0. The van der Waals surface area contributed by atoms with E-state index in [0.717, 1.165) is 25.7 Å². The zero-order valence-electron chi connectivity index (χ0n) is 11.1. The van der Waals surface area contributed by atoms with Gasteiger partial charge in [0, 0.05) is 22.7 Å². The van der Waals surface area contributed by atoms with E-state index in [1.54, 1.807) is 12.1 Å². The molecular formula is C16H16ClNO2. The lowest BCUT2D eigenvalue weighted by Crippen LogP contribution is -2.41. The van der Waals surface area contributed by atoms with E-state index in [2.05, 4.69) is 0 Å². The van der Waals surface area contributed by atoms with E-state index in [0.29, 0.717) is 16.2 Å². The first-order chi connectivity index (χ1) is 9.68. The zero-order chi connectivity index (χ0) is 14.1. The van der Waals surface area contributed by atoms with E-state index in [4.69, 9.17) is 11.6 Å². The standard InChI is InChI=1S/C16H16ClNO2/c17-14-9-5-4-8-12(14)13-10-15(19)18(16(13)20)11-6-2-1-3-7-11/h4-5,8-11H,1-3,6-7H2. The minimum absolute atomic E-state index is 0.0555. The summed E-state index contributed by atoms with van der Waals surface area (Å²) >= 11 is 6.13. The van der Waals surface area contributed by atoms with Crippen LogP contribution in [0.4, 0.5) is 0 Å². The number of nitrogens with zero attached hydrogens (tertiary/aromatic N) is 1. The second-order valence-corrected chi connectivity index (χ2v) is 5.75. The molecule has 1 fully saturated rings. The normalized spacial score (nSPS) is 20.4. The minimum Gasteiger partial charge on any atom is -0.272 e. The second-order valence-electron chi connectivity index (χ2n) is 5.34. The van der Waals surface area contributed by atoms with Gasteiger partial charge in [0.1, 0.15) is 0 Å². The predicted molar refractivity (Wildman–Crippen MR) is 78.2 cm³/mol. The van der Waals surface area contributed by atoms with Gasteiger partial charge in [-0.1, -0.05) is 49.1 Å². The van der Waals surface area contributed by atoms with Crippen LogP contribution in [0.25, 0.3) is 5.57 Å². The molecule has 2 amide bonds. The van der Waals surface area contributed by atoms with Gasteiger partial charge in [0.05, 0.1) is 5.57 Å². The van der Waals surface area contributed by atoms with Crippen molar-refractivity contribution in [2.24, 2.45) is 0 Å². The summed E-state index contributed by atoms with van der Waals surface area (Å²) in [7, 11) is 0. The Hall–Kier alpha value is -1.61. The smallest absolute Gasteiger partial charge is 0.261 e. The average Bonchev–Trinajstić information content (AvgIpc) is 2.75. The van der Waals surface area contributed by atoms with Crippen LogP contribution in [0.15, 0.2) is 30.3 Å². The molecule has 1 aromatic carbocycles. The summed E-state index contributed by atoms with van der Waals surface area (Å²) < 4.78 is 0. The Morgan fingerprint density at radius 1 is 1.05 bits per heavy atom. The van der Waals surface area contributed by atoms with Gasteiger partial charge in [-0.05, 0) is 18.9 Å². The van der Waals surface area contributed by atoms with Crippen molar-refractivity contribution in [1.29, 1.82) is 0 Å². The number of carbonyl (C=O) groups excluding carboxylic acids is 2. The molecule has 0 unspecified atom stereocenters. The fraction of sp³-hybridized carbons (Fsp3) is 0.375. The van der Waals surface area contributed by atoms with Crippen LogP contribution in [-0.4, -0.2) is 22.8 Å². The molecule has 4 heteroatoms. The molecule has 2 aliphatic rings. The van der Waals surface area contributed by atoms with Gasteiger partial charge in [-0.2, -0.15) is 0 Å². The molecule has 1 aliphatic carbocycles. The van der Waals surface area contributed by atoms with Gasteiger partial charge >= 0.3 is 0 Å². The van der Waals surface area contributed by atoms with E-state index >= 15 is 0 Å². The van der Waals surface area contributed by atoms with Crippen molar-refractivity contribution in [1.82, 2.24) is 4.90 Å². The monoisotopic (exact) mass is 289 g/mol. The van der Waals surface area contributed by atoms with Crippen molar-refractivity contribution in [2.75, 3.05) is 0 Å². The largest absolute Gasteiger partial charge is 0.272 e. The maximum atomic E-state index is 12.5. The highest BCUT2D eigenvalue weighted by Gasteiger charge is 2.37. The van der Waals surface area contributed by atoms with Gasteiger partial charge in [-0.25, -0.2) is 0 Å². The lowest BCUT2D eigenvalue weighted by atomic mass is 9.94. The molecule has 1 aromatic rings. The van der Waals surface area contributed by atoms with Crippen molar-refractivity contribution in [3.05, 3.63) is 40.9 Å². The van der Waals surface area contributed by atoms with Gasteiger partial charge in [-0.15, -0.1) is 0 Å². The lowest BCUT2D eigenvalue weighted by Gasteiger charge is -2.29. The maximum absolute atomic E-state index is 12.5. The Morgan fingerprint density at radius 2 is 1.75 bits per heavy atom. The molecule has 3 nitrogen and oxygen atoms in total. The van der Waals surface area contributed by atoms with E-state index in [-0.39, 0.29) is 17.9 Å². The summed E-state index contributed by atoms with van der Waals surface area (Å²) in [6.07, 6.45) is 6.63. The number of amides is 2. The van der Waals surface area contributed by atoms with Crippen LogP contribution in [0.5, 0.6) is 0 Å². The van der Waals surface area contributed by atoms with Crippen LogP contribution in [0, 0.1) is 0 Å². The highest BCUT2D eigenvalue weighted by molar-refractivity contribution is 6.39. The fourth-order valence-electron chi connectivity index (χ4n) is 3.04. The highest BCUT2D eigenvalue weighted by atomic mass is 35.5. The Morgan fingerprint density at radius 3 is 2.45 bits per heavy atom. The number of imide groups is 1. The molecule has 0 radical (unpaired) electrons. The topological polar surface area (TPSA) is 37.4 Å². The number of benzene rings is 1. The minimum atomic E-state index is -0.199. The maximum Gasteiger partial charge on any atom is 0.261 e. The molecule has 3 rings (SSSR count). The Kier molecular flexibility index (Phi) is 3.62. The Balaban J connectivity index is 1.89. The summed E-state index contributed by atoms with van der Waals surface area (Å²) in [5.74, 6) is -0.396. The fourth-order valence-corrected chi connectivity index (χ4v) is 3.28. The number of carbonyl (C=O) groups is 2. The molecule has 1 saturated carbocycles. The first-order valence-corrected chi connectivity index (χ1v) is 7.40. The molecule has 0 bridgehead atoms. The Labute approximate surface area is 123 Å². The molecule has 0 atom stereocenters. The predicted octanol–water partition coefficient (Wildman–Crippen LogP) is 3.42. The van der Waals surface area contributed by atoms with Gasteiger partial charge in [0.25, 0.3) is 11.8 Å². The molecule has 0 N–H and O–H groups in total. The van der Waals surface area contributed by atoms with E-state index < -0.39 is 0 Å². The van der Waals surface area contributed by atoms with Gasteiger partial charge < -0.3 is 0 Å². The molecule has 104 valence electrons. The average molecular weight is 290 g/mol. The van der Waals surface area contributed by atoms with E-state index in [1.165, 1.54) is 17.4 Å². The van der Waals surface area contributed by atoms with Crippen LogP contribution in [0.2, 0.25) is 5.02 Å². The van der Waals surface area contributed by atoms with Gasteiger partial charge in [0.2, 0.25) is 0 Å². The highest BCUT2D eigenvalue weighted by Crippen LogP contribution is 2.33. The van der Waals surface area contributed by atoms with Crippen LogP contribution in [0.3, 0.4) is 0 Å². The van der Waals surface area contributed by atoms with Crippen LogP contribution in [0.1, 0.15) is 37.7 Å². The van der Waals surface area contributed by atoms with Crippen molar-refractivity contribution < 1.29 is 9.59 Å². The van der Waals surface area contributed by atoms with Crippen molar-refractivity contribution >= 4 is 29.0 Å². The van der Waals surface area contributed by atoms with Gasteiger partial charge in [-0.3, -0.25) is 14.5 Å². The zero-order valence-corrected chi connectivity index (χ0v) is 11.9. The third kappa shape index (κ3) is 2.27. The van der Waals surface area contributed by atoms with Crippen molar-refractivity contribution in [2.45, 2.75) is 38.1 Å². The molecule has 0 saturated heterocycles. The number of halogens is 1. The third-order valence-corrected chi connectivity index (χ3v) is 4.39. The quantitative estimate of drug-likeness (QED) is 0.782. The first-order valence-electron chi connectivity index (χ1n) is 7.02. The summed E-state index contributed by atoms with van der Waals surface area (Å²) in [5, 5.41) is 0.505. The van der Waals surface area contributed by atoms with Crippen molar-refractivity contribution in [3.8, 4) is 0 Å². The summed E-state index contributed by atoms with van der Waals surface area (Å²) in [5.41, 5.74) is 1.07. The lowest BCUT2D eigenvalue weighted by molar-refractivity contribution is -0.139. The summed E-state index contributed by atoms with van der Waals surface area (Å²) in [6, 6.07) is 7.21. The molecule has 0 aromatic heterocycles. The molecule has 0 spiro atoms. The van der Waals surface area contributed by atoms with Crippen LogP contribution >= 0.6 is 11.6 Å². The summed E-state index contributed by atoms with van der Waals surface area (Å²) in [4.78, 5) is 26.1. The molecule has 20 heavy (non-hydrogen) atoms. The summed E-state index contributed by atoms with van der Waals surface area (Å²) in [6.45, 7) is 0. The molecule has 1 heterocycles. The SMILES string of the molecule is O=C1C=C(c2ccccc2Cl)C(=O)N1C1CCCCC1.